The van der Waals surface area contributed by atoms with Gasteiger partial charge in [0, 0.05) is 16.0 Å². The SMILES string of the molecule is CCC(C(=O)Nc1cccc2cc(C(=O)Nc3ccc(Cl)cc3-c3nnn[nH]3)[nH]c12)c1ccccc1. The molecule has 0 aliphatic rings. The number of hydrogen-bond donors (Lipinski definition) is 4. The first-order valence-corrected chi connectivity index (χ1v) is 11.7. The molecule has 1 unspecified atom stereocenters. The maximum Gasteiger partial charge on any atom is 0.272 e. The third-order valence-electron chi connectivity index (χ3n) is 5.92. The molecule has 0 fully saturated rings. The highest BCUT2D eigenvalue weighted by molar-refractivity contribution is 6.31. The Kier molecular flexibility index (Phi) is 6.46. The average Bonchev–Trinajstić information content (AvgIpc) is 3.57. The van der Waals surface area contributed by atoms with Crippen LogP contribution in [-0.4, -0.2) is 37.4 Å². The van der Waals surface area contributed by atoms with Crippen LogP contribution in [0.5, 0.6) is 0 Å². The summed E-state index contributed by atoms with van der Waals surface area (Å²) in [4.78, 5) is 29.4. The van der Waals surface area contributed by atoms with Crippen molar-refractivity contribution in [3.05, 3.63) is 89.1 Å². The van der Waals surface area contributed by atoms with E-state index in [1.165, 1.54) is 0 Å². The van der Waals surface area contributed by atoms with Gasteiger partial charge in [0.05, 0.1) is 22.8 Å². The molecule has 4 N–H and O–H groups in total. The molecular weight excluding hydrogens is 478 g/mol. The molecule has 2 amide bonds. The van der Waals surface area contributed by atoms with Crippen LogP contribution in [0.15, 0.2) is 72.8 Å². The van der Waals surface area contributed by atoms with E-state index in [4.69, 9.17) is 11.6 Å². The zero-order valence-electron chi connectivity index (χ0n) is 19.2. The van der Waals surface area contributed by atoms with Crippen LogP contribution in [-0.2, 0) is 4.79 Å². The molecular formula is C26H22ClN7O2. The summed E-state index contributed by atoms with van der Waals surface area (Å²) < 4.78 is 0. The average molecular weight is 500 g/mol. The van der Waals surface area contributed by atoms with Gasteiger partial charge in [0.15, 0.2) is 5.82 Å². The Morgan fingerprint density at radius 2 is 1.81 bits per heavy atom. The van der Waals surface area contributed by atoms with Gasteiger partial charge in [-0.1, -0.05) is 61.0 Å². The summed E-state index contributed by atoms with van der Waals surface area (Å²) in [6.07, 6.45) is 0.661. The van der Waals surface area contributed by atoms with E-state index in [0.717, 1.165) is 10.9 Å². The summed E-state index contributed by atoms with van der Waals surface area (Å²) in [6.45, 7) is 1.98. The molecule has 0 aliphatic carbocycles. The fourth-order valence-electron chi connectivity index (χ4n) is 4.14. The van der Waals surface area contributed by atoms with Gasteiger partial charge in [-0.25, -0.2) is 5.10 Å². The van der Waals surface area contributed by atoms with Gasteiger partial charge in [0.2, 0.25) is 5.91 Å². The molecule has 10 heteroatoms. The van der Waals surface area contributed by atoms with Crippen molar-refractivity contribution in [2.45, 2.75) is 19.3 Å². The number of aromatic amines is 2. The minimum absolute atomic E-state index is 0.108. The summed E-state index contributed by atoms with van der Waals surface area (Å²) in [5, 5.41) is 20.9. The zero-order chi connectivity index (χ0) is 25.1. The first-order valence-electron chi connectivity index (χ1n) is 11.4. The van der Waals surface area contributed by atoms with Crippen LogP contribution in [0.2, 0.25) is 5.02 Å². The van der Waals surface area contributed by atoms with E-state index in [0.29, 0.717) is 45.4 Å². The molecule has 0 saturated heterocycles. The Hall–Kier alpha value is -4.50. The van der Waals surface area contributed by atoms with Gasteiger partial charge < -0.3 is 15.6 Å². The second-order valence-corrected chi connectivity index (χ2v) is 8.64. The van der Waals surface area contributed by atoms with Gasteiger partial charge in [-0.3, -0.25) is 9.59 Å². The minimum atomic E-state index is -0.366. The molecule has 5 aromatic rings. The van der Waals surface area contributed by atoms with Crippen molar-refractivity contribution < 1.29 is 9.59 Å². The minimum Gasteiger partial charge on any atom is -0.349 e. The molecule has 5 rings (SSSR count). The van der Waals surface area contributed by atoms with E-state index >= 15 is 0 Å². The summed E-state index contributed by atoms with van der Waals surface area (Å²) >= 11 is 6.14. The number of amides is 2. The summed E-state index contributed by atoms with van der Waals surface area (Å²) in [5.41, 5.74) is 3.59. The monoisotopic (exact) mass is 499 g/mol. The maximum atomic E-state index is 13.1. The van der Waals surface area contributed by atoms with Crippen LogP contribution in [0.4, 0.5) is 11.4 Å². The molecule has 0 spiro atoms. The number of benzene rings is 3. The lowest BCUT2D eigenvalue weighted by Crippen LogP contribution is -2.20. The first kappa shape index (κ1) is 23.3. The number of halogens is 1. The molecule has 0 radical (unpaired) electrons. The zero-order valence-corrected chi connectivity index (χ0v) is 20.0. The second-order valence-electron chi connectivity index (χ2n) is 8.21. The van der Waals surface area contributed by atoms with Crippen LogP contribution in [0.3, 0.4) is 0 Å². The highest BCUT2D eigenvalue weighted by Crippen LogP contribution is 2.30. The number of anilines is 2. The molecule has 0 bridgehead atoms. The van der Waals surface area contributed by atoms with Gasteiger partial charge >= 0.3 is 0 Å². The number of H-pyrrole nitrogens is 2. The third-order valence-corrected chi connectivity index (χ3v) is 6.15. The summed E-state index contributed by atoms with van der Waals surface area (Å²) in [6, 6.07) is 21.9. The van der Waals surface area contributed by atoms with Gasteiger partial charge in [-0.15, -0.1) is 5.10 Å². The first-order chi connectivity index (χ1) is 17.5. The lowest BCUT2D eigenvalue weighted by atomic mass is 9.95. The Bertz CT molecular complexity index is 1530. The molecule has 36 heavy (non-hydrogen) atoms. The molecule has 9 nitrogen and oxygen atoms in total. The van der Waals surface area contributed by atoms with Crippen LogP contribution < -0.4 is 10.6 Å². The summed E-state index contributed by atoms with van der Waals surface area (Å²) in [7, 11) is 0. The number of rotatable bonds is 7. The van der Waals surface area contributed by atoms with Gasteiger partial charge in [0.1, 0.15) is 5.69 Å². The number of carbonyl (C=O) groups excluding carboxylic acids is 2. The third kappa shape index (κ3) is 4.69. The fourth-order valence-corrected chi connectivity index (χ4v) is 4.32. The Morgan fingerprint density at radius 3 is 2.56 bits per heavy atom. The van der Waals surface area contributed by atoms with Gasteiger partial charge in [-0.2, -0.15) is 0 Å². The van der Waals surface area contributed by atoms with E-state index in [1.807, 2.05) is 55.5 Å². The number of hydrogen-bond acceptors (Lipinski definition) is 5. The van der Waals surface area contributed by atoms with Crippen molar-refractivity contribution >= 4 is 45.7 Å². The smallest absolute Gasteiger partial charge is 0.272 e. The number of tetrazole rings is 1. The van der Waals surface area contributed by atoms with Crippen LogP contribution in [0, 0.1) is 0 Å². The Morgan fingerprint density at radius 1 is 0.972 bits per heavy atom. The molecule has 0 saturated carbocycles. The maximum absolute atomic E-state index is 13.1. The number of para-hydroxylation sites is 1. The van der Waals surface area contributed by atoms with Crippen LogP contribution >= 0.6 is 11.6 Å². The van der Waals surface area contributed by atoms with E-state index in [9.17, 15) is 9.59 Å². The molecule has 3 aromatic carbocycles. The largest absolute Gasteiger partial charge is 0.349 e. The van der Waals surface area contributed by atoms with E-state index in [-0.39, 0.29) is 17.7 Å². The summed E-state index contributed by atoms with van der Waals surface area (Å²) in [5.74, 6) is -0.384. The van der Waals surface area contributed by atoms with Crippen molar-refractivity contribution in [3.63, 3.8) is 0 Å². The normalized spacial score (nSPS) is 11.8. The van der Waals surface area contributed by atoms with Crippen LogP contribution in [0.1, 0.15) is 35.3 Å². The van der Waals surface area contributed by atoms with Crippen LogP contribution in [0.25, 0.3) is 22.3 Å². The molecule has 180 valence electrons. The van der Waals surface area contributed by atoms with E-state index in [1.54, 1.807) is 24.3 Å². The predicted octanol–water partition coefficient (Wildman–Crippen LogP) is 5.39. The van der Waals surface area contributed by atoms with Crippen molar-refractivity contribution in [2.75, 3.05) is 10.6 Å². The number of fused-ring (bicyclic) bond motifs is 1. The Balaban J connectivity index is 1.40. The highest BCUT2D eigenvalue weighted by Gasteiger charge is 2.21. The Labute approximate surface area is 211 Å². The van der Waals surface area contributed by atoms with Crippen molar-refractivity contribution in [3.8, 4) is 11.4 Å². The molecule has 2 aromatic heterocycles. The lowest BCUT2D eigenvalue weighted by Gasteiger charge is -2.16. The van der Waals surface area contributed by atoms with Crippen molar-refractivity contribution in [1.29, 1.82) is 0 Å². The van der Waals surface area contributed by atoms with Gasteiger partial charge in [0.25, 0.3) is 5.91 Å². The second kappa shape index (κ2) is 10.0. The molecule has 0 aliphatic heterocycles. The quantitative estimate of drug-likeness (QED) is 0.239. The number of aromatic nitrogens is 5. The fraction of sp³-hybridized carbons (Fsp3) is 0.115. The molecule has 2 heterocycles. The predicted molar refractivity (Wildman–Crippen MR) is 139 cm³/mol. The van der Waals surface area contributed by atoms with E-state index < -0.39 is 0 Å². The lowest BCUT2D eigenvalue weighted by molar-refractivity contribution is -0.117. The number of nitrogens with one attached hydrogen (secondary N) is 4. The number of nitrogens with zero attached hydrogens (tertiary/aromatic N) is 3. The van der Waals surface area contributed by atoms with Crippen molar-refractivity contribution in [2.24, 2.45) is 0 Å². The molecule has 1 atom stereocenters. The van der Waals surface area contributed by atoms with E-state index in [2.05, 4.69) is 36.2 Å². The van der Waals surface area contributed by atoms with Crippen molar-refractivity contribution in [1.82, 2.24) is 25.6 Å². The highest BCUT2D eigenvalue weighted by atomic mass is 35.5. The topological polar surface area (TPSA) is 128 Å². The number of carbonyl (C=O) groups is 2. The standard InChI is InChI=1S/C26H22ClN7O2/c1-2-18(15-7-4-3-5-8-15)25(35)30-21-10-6-9-16-13-22(28-23(16)21)26(36)29-20-12-11-17(27)14-19(20)24-31-33-34-32-24/h3-14,18,28H,2H2,1H3,(H,29,36)(H,30,35)(H,31,32,33,34). The van der Waals surface area contributed by atoms with Gasteiger partial charge in [-0.05, 0) is 52.7 Å².